The van der Waals surface area contributed by atoms with Crippen LogP contribution in [0.3, 0.4) is 0 Å². The summed E-state index contributed by atoms with van der Waals surface area (Å²) >= 11 is 0. The molecule has 2 aliphatic rings. The van der Waals surface area contributed by atoms with E-state index in [1.807, 2.05) is 44.5 Å². The monoisotopic (exact) mass is 470 g/mol. The molecular formula is C27H30N6O2. The summed E-state index contributed by atoms with van der Waals surface area (Å²) in [6.07, 6.45) is 7.63. The zero-order valence-corrected chi connectivity index (χ0v) is 20.7. The number of fused-ring (bicyclic) bond motifs is 2. The number of hydrogen-bond donors (Lipinski definition) is 0. The summed E-state index contributed by atoms with van der Waals surface area (Å²) in [4.78, 5) is 24.9. The highest BCUT2D eigenvalue weighted by atomic mass is 16.5. The van der Waals surface area contributed by atoms with Crippen molar-refractivity contribution in [3.8, 4) is 22.5 Å². The van der Waals surface area contributed by atoms with Crippen molar-refractivity contribution >= 4 is 16.7 Å². The number of hydrogen-bond acceptors (Lipinski definition) is 5. The highest BCUT2D eigenvalue weighted by molar-refractivity contribution is 5.99. The van der Waals surface area contributed by atoms with E-state index in [1.54, 1.807) is 4.68 Å². The average molecular weight is 471 g/mol. The van der Waals surface area contributed by atoms with Crippen molar-refractivity contribution in [2.75, 3.05) is 20.3 Å². The van der Waals surface area contributed by atoms with E-state index in [0.717, 1.165) is 76.4 Å². The molecule has 0 N–H and O–H groups in total. The van der Waals surface area contributed by atoms with Crippen LogP contribution < -0.4 is 0 Å². The molecule has 0 unspecified atom stereocenters. The van der Waals surface area contributed by atoms with Crippen molar-refractivity contribution in [2.45, 2.75) is 45.2 Å². The molecule has 0 saturated carbocycles. The number of imidazole rings is 1. The molecule has 0 aliphatic carbocycles. The van der Waals surface area contributed by atoms with E-state index in [-0.39, 0.29) is 11.9 Å². The Morgan fingerprint density at radius 2 is 1.91 bits per heavy atom. The van der Waals surface area contributed by atoms with Gasteiger partial charge in [0.25, 0.3) is 0 Å². The highest BCUT2D eigenvalue weighted by Crippen LogP contribution is 2.41. The van der Waals surface area contributed by atoms with Crippen molar-refractivity contribution < 1.29 is 9.53 Å². The van der Waals surface area contributed by atoms with Gasteiger partial charge in [0, 0.05) is 62.1 Å². The van der Waals surface area contributed by atoms with Gasteiger partial charge in [-0.1, -0.05) is 12.1 Å². The van der Waals surface area contributed by atoms with Gasteiger partial charge in [0.1, 0.15) is 11.9 Å². The van der Waals surface area contributed by atoms with Gasteiger partial charge >= 0.3 is 0 Å². The van der Waals surface area contributed by atoms with Crippen molar-refractivity contribution in [1.29, 1.82) is 0 Å². The van der Waals surface area contributed by atoms with Crippen molar-refractivity contribution in [3.63, 3.8) is 0 Å². The summed E-state index contributed by atoms with van der Waals surface area (Å²) in [5, 5.41) is 6.48. The zero-order chi connectivity index (χ0) is 24.3. The number of aryl methyl sites for hydroxylation is 2. The number of aromatic nitrogens is 5. The molecule has 0 bridgehead atoms. The predicted molar refractivity (Wildman–Crippen MR) is 134 cm³/mol. The van der Waals surface area contributed by atoms with Gasteiger partial charge in [-0.25, -0.2) is 4.98 Å². The van der Waals surface area contributed by atoms with Crippen molar-refractivity contribution in [3.05, 3.63) is 53.9 Å². The maximum Gasteiger partial charge on any atom is 0.245 e. The van der Waals surface area contributed by atoms with Gasteiger partial charge in [-0.2, -0.15) is 5.10 Å². The van der Waals surface area contributed by atoms with Crippen LogP contribution in [-0.4, -0.2) is 55.4 Å². The number of nitrogens with zero attached hydrogens (tertiary/aromatic N) is 6. The van der Waals surface area contributed by atoms with Gasteiger partial charge in [-0.15, -0.1) is 0 Å². The van der Waals surface area contributed by atoms with Crippen LogP contribution in [0.25, 0.3) is 33.3 Å². The molecule has 0 spiro atoms. The third-order valence-corrected chi connectivity index (χ3v) is 7.48. The van der Waals surface area contributed by atoms with E-state index in [4.69, 9.17) is 14.7 Å². The molecule has 6 rings (SSSR count). The summed E-state index contributed by atoms with van der Waals surface area (Å²) in [6, 6.07) is 6.16. The molecule has 3 aromatic heterocycles. The molecular weight excluding hydrogens is 440 g/mol. The number of pyridine rings is 1. The molecule has 1 saturated heterocycles. The van der Waals surface area contributed by atoms with Crippen LogP contribution in [0.4, 0.5) is 0 Å². The van der Waals surface area contributed by atoms with E-state index in [0.29, 0.717) is 12.5 Å². The smallest absolute Gasteiger partial charge is 0.245 e. The van der Waals surface area contributed by atoms with Gasteiger partial charge < -0.3 is 14.2 Å². The molecule has 0 radical (unpaired) electrons. The maximum absolute atomic E-state index is 13.0. The Morgan fingerprint density at radius 1 is 1.11 bits per heavy atom. The maximum atomic E-state index is 13.0. The molecule has 2 aliphatic heterocycles. The van der Waals surface area contributed by atoms with Crippen molar-refractivity contribution in [2.24, 2.45) is 7.05 Å². The first kappa shape index (κ1) is 22.0. The minimum atomic E-state index is -0.270. The molecule has 4 aromatic rings. The minimum absolute atomic E-state index is 0.132. The first-order valence-corrected chi connectivity index (χ1v) is 12.2. The Hall–Kier alpha value is -3.52. The number of ether oxygens (including phenoxy) is 1. The van der Waals surface area contributed by atoms with Gasteiger partial charge in [0.05, 0.1) is 29.8 Å². The van der Waals surface area contributed by atoms with Gasteiger partial charge in [0.15, 0.2) is 0 Å². The second-order valence-corrected chi connectivity index (χ2v) is 9.84. The number of benzene rings is 1. The lowest BCUT2D eigenvalue weighted by Crippen LogP contribution is -2.40. The Morgan fingerprint density at radius 3 is 2.66 bits per heavy atom. The summed E-state index contributed by atoms with van der Waals surface area (Å²) in [5.74, 6) is 1.44. The molecule has 8 heteroatoms. The second-order valence-electron chi connectivity index (χ2n) is 9.84. The lowest BCUT2D eigenvalue weighted by molar-refractivity contribution is -0.135. The Bertz CT molecular complexity index is 1450. The largest absolute Gasteiger partial charge is 0.381 e. The number of amides is 1. The summed E-state index contributed by atoms with van der Waals surface area (Å²) in [6.45, 7) is 6.14. The fraction of sp³-hybridized carbons (Fsp3) is 0.407. The lowest BCUT2D eigenvalue weighted by Gasteiger charge is -2.33. The molecule has 5 heterocycles. The molecule has 1 amide bonds. The fourth-order valence-electron chi connectivity index (χ4n) is 5.60. The second kappa shape index (κ2) is 8.30. The first-order valence-electron chi connectivity index (χ1n) is 12.2. The number of rotatable bonds is 3. The highest BCUT2D eigenvalue weighted by Gasteiger charge is 2.36. The summed E-state index contributed by atoms with van der Waals surface area (Å²) < 4.78 is 9.62. The van der Waals surface area contributed by atoms with Crippen LogP contribution in [0.2, 0.25) is 0 Å². The topological polar surface area (TPSA) is 78.1 Å². The number of likely N-dealkylation sites (N-methyl/N-ethyl adjacent to an activating group) is 1. The van der Waals surface area contributed by atoms with Crippen LogP contribution in [0.15, 0.2) is 36.8 Å². The van der Waals surface area contributed by atoms with Crippen molar-refractivity contribution in [1.82, 2.24) is 29.2 Å². The first-order chi connectivity index (χ1) is 16.9. The van der Waals surface area contributed by atoms with Gasteiger partial charge in [-0.3, -0.25) is 14.5 Å². The SMILES string of the molecule is Cc1ccc2cc(-c3cnn(C)c3)ncc2c1-c1nc(C2CCOCC2)n2c1CN(C)C(=O)[C@H]2C. The molecule has 1 aromatic carbocycles. The van der Waals surface area contributed by atoms with E-state index in [2.05, 4.69) is 34.8 Å². The quantitative estimate of drug-likeness (QED) is 0.448. The third-order valence-electron chi connectivity index (χ3n) is 7.48. The van der Waals surface area contributed by atoms with E-state index in [9.17, 15) is 4.79 Å². The lowest BCUT2D eigenvalue weighted by atomic mass is 9.96. The average Bonchev–Trinajstić information content (AvgIpc) is 3.47. The molecule has 1 atom stereocenters. The Kier molecular flexibility index (Phi) is 5.21. The van der Waals surface area contributed by atoms with E-state index >= 15 is 0 Å². The molecule has 180 valence electrons. The van der Waals surface area contributed by atoms with Crippen LogP contribution in [0.5, 0.6) is 0 Å². The number of carbonyl (C=O) groups excluding carboxylic acids is 1. The number of carbonyl (C=O) groups is 1. The Labute approximate surface area is 204 Å². The van der Waals surface area contributed by atoms with Crippen LogP contribution in [-0.2, 0) is 23.1 Å². The van der Waals surface area contributed by atoms with Gasteiger partial charge in [0.2, 0.25) is 5.91 Å². The fourth-order valence-corrected chi connectivity index (χ4v) is 5.60. The predicted octanol–water partition coefficient (Wildman–Crippen LogP) is 4.23. The van der Waals surface area contributed by atoms with Crippen LogP contribution >= 0.6 is 0 Å². The van der Waals surface area contributed by atoms with E-state index < -0.39 is 0 Å². The standard InChI is InChI=1S/C27H30N6O2/c1-16-5-6-19-11-22(20-12-29-32(4)14-20)28-13-21(19)24(16)25-23-15-31(3)27(34)17(2)33(23)26(30-25)18-7-9-35-10-8-18/h5-6,11-14,17-18H,7-10,15H2,1-4H3/t17-/m1/s1. The van der Waals surface area contributed by atoms with Crippen LogP contribution in [0.1, 0.15) is 48.8 Å². The molecule has 8 nitrogen and oxygen atoms in total. The summed E-state index contributed by atoms with van der Waals surface area (Å²) in [5.41, 5.74) is 6.22. The molecule has 35 heavy (non-hydrogen) atoms. The van der Waals surface area contributed by atoms with E-state index in [1.165, 1.54) is 0 Å². The molecule has 1 fully saturated rings. The van der Waals surface area contributed by atoms with Gasteiger partial charge in [-0.05, 0) is 43.7 Å². The zero-order valence-electron chi connectivity index (χ0n) is 20.7. The Balaban J connectivity index is 1.56. The minimum Gasteiger partial charge on any atom is -0.381 e. The van der Waals surface area contributed by atoms with Crippen LogP contribution in [0, 0.1) is 6.92 Å². The normalized spacial score (nSPS) is 18.9. The third kappa shape index (κ3) is 3.55. The summed E-state index contributed by atoms with van der Waals surface area (Å²) in [7, 11) is 3.79.